The minimum atomic E-state index is -0.0148. The Labute approximate surface area is 149 Å². The molecule has 6 heteroatoms. The van der Waals surface area contributed by atoms with Gasteiger partial charge in [0.2, 0.25) is 11.2 Å². The van der Waals surface area contributed by atoms with Gasteiger partial charge < -0.3 is 4.74 Å². The monoisotopic (exact) mass is 351 g/mol. The number of nitrogens with zero attached hydrogens (tertiary/aromatic N) is 3. The molecule has 0 unspecified atom stereocenters. The van der Waals surface area contributed by atoms with Crippen molar-refractivity contribution in [2.75, 3.05) is 4.90 Å². The van der Waals surface area contributed by atoms with Gasteiger partial charge in [0.05, 0.1) is 5.69 Å². The van der Waals surface area contributed by atoms with Gasteiger partial charge in [-0.3, -0.25) is 9.69 Å². The number of amides is 1. The number of rotatable bonds is 3. The molecule has 0 spiro atoms. The Hall–Kier alpha value is -2.92. The number of aromatic nitrogens is 2. The number of carbonyl (C=O) groups is 1. The maximum atomic E-state index is 12.4. The summed E-state index contributed by atoms with van der Waals surface area (Å²) in [7, 11) is 0. The Morgan fingerprint density at radius 1 is 0.960 bits per heavy atom. The molecule has 0 aliphatic carbocycles. The average Bonchev–Trinajstić information content (AvgIpc) is 2.63. The van der Waals surface area contributed by atoms with E-state index in [0.717, 1.165) is 17.0 Å². The molecule has 0 saturated heterocycles. The first-order chi connectivity index (χ1) is 12.2. The Morgan fingerprint density at radius 2 is 1.68 bits per heavy atom. The van der Waals surface area contributed by atoms with Crippen molar-refractivity contribution in [1.82, 2.24) is 9.97 Å². The first-order valence-electron chi connectivity index (χ1n) is 7.88. The Kier molecular flexibility index (Phi) is 4.07. The van der Waals surface area contributed by atoms with Crippen LogP contribution in [0.25, 0.3) is 0 Å². The SMILES string of the molecule is O=C1CCc2cnc(Cl)nc2N1c1ccc(Oc2ccccc2)cc1. The Morgan fingerprint density at radius 3 is 2.44 bits per heavy atom. The molecular formula is C19H14ClN3O2. The van der Waals surface area contributed by atoms with E-state index in [1.165, 1.54) is 0 Å². The molecule has 1 aliphatic rings. The summed E-state index contributed by atoms with van der Waals surface area (Å²) in [5, 5.41) is 0.127. The molecule has 4 rings (SSSR count). The van der Waals surface area contributed by atoms with Gasteiger partial charge in [-0.2, -0.15) is 4.98 Å². The summed E-state index contributed by atoms with van der Waals surface area (Å²) >= 11 is 5.91. The van der Waals surface area contributed by atoms with Crippen LogP contribution in [-0.4, -0.2) is 15.9 Å². The van der Waals surface area contributed by atoms with Gasteiger partial charge in [-0.1, -0.05) is 18.2 Å². The molecule has 5 nitrogen and oxygen atoms in total. The highest BCUT2D eigenvalue weighted by Crippen LogP contribution is 2.34. The van der Waals surface area contributed by atoms with Crippen LogP contribution in [0.5, 0.6) is 11.5 Å². The van der Waals surface area contributed by atoms with Crippen LogP contribution in [0.3, 0.4) is 0 Å². The smallest absolute Gasteiger partial charge is 0.233 e. The zero-order valence-electron chi connectivity index (χ0n) is 13.2. The molecule has 0 radical (unpaired) electrons. The molecule has 1 aromatic heterocycles. The number of hydrogen-bond acceptors (Lipinski definition) is 4. The van der Waals surface area contributed by atoms with Crippen LogP contribution < -0.4 is 9.64 Å². The van der Waals surface area contributed by atoms with Gasteiger partial charge in [-0.25, -0.2) is 4.98 Å². The molecule has 0 N–H and O–H groups in total. The fourth-order valence-corrected chi connectivity index (χ4v) is 2.90. The predicted octanol–water partition coefficient (Wildman–Crippen LogP) is 4.53. The van der Waals surface area contributed by atoms with Crippen LogP contribution in [0.2, 0.25) is 5.28 Å². The van der Waals surface area contributed by atoms with E-state index in [1.807, 2.05) is 54.6 Å². The van der Waals surface area contributed by atoms with E-state index in [2.05, 4.69) is 9.97 Å². The summed E-state index contributed by atoms with van der Waals surface area (Å²) in [5.41, 5.74) is 1.63. The van der Waals surface area contributed by atoms with Crippen LogP contribution in [0, 0.1) is 0 Å². The lowest BCUT2D eigenvalue weighted by molar-refractivity contribution is -0.118. The van der Waals surface area contributed by atoms with E-state index < -0.39 is 0 Å². The Balaban J connectivity index is 1.64. The van der Waals surface area contributed by atoms with Crippen LogP contribution in [0.15, 0.2) is 60.8 Å². The molecule has 124 valence electrons. The van der Waals surface area contributed by atoms with Crippen molar-refractivity contribution < 1.29 is 9.53 Å². The van der Waals surface area contributed by atoms with Crippen molar-refractivity contribution in [1.29, 1.82) is 0 Å². The van der Waals surface area contributed by atoms with Gasteiger partial charge in [-0.15, -0.1) is 0 Å². The van der Waals surface area contributed by atoms with Crippen molar-refractivity contribution in [3.8, 4) is 11.5 Å². The third kappa shape index (κ3) is 3.19. The lowest BCUT2D eigenvalue weighted by Gasteiger charge is -2.28. The number of aryl methyl sites for hydroxylation is 1. The number of carbonyl (C=O) groups excluding carboxylic acids is 1. The van der Waals surface area contributed by atoms with E-state index >= 15 is 0 Å². The molecule has 0 saturated carbocycles. The molecule has 2 heterocycles. The lowest BCUT2D eigenvalue weighted by atomic mass is 10.1. The zero-order valence-corrected chi connectivity index (χ0v) is 14.0. The number of hydrogen-bond donors (Lipinski definition) is 0. The van der Waals surface area contributed by atoms with Gasteiger partial charge >= 0.3 is 0 Å². The van der Waals surface area contributed by atoms with E-state index in [4.69, 9.17) is 16.3 Å². The molecular weight excluding hydrogens is 338 g/mol. The number of fused-ring (bicyclic) bond motifs is 1. The average molecular weight is 352 g/mol. The van der Waals surface area contributed by atoms with Gasteiger partial charge in [0.1, 0.15) is 17.3 Å². The maximum absolute atomic E-state index is 12.4. The normalized spacial score (nSPS) is 13.5. The lowest BCUT2D eigenvalue weighted by Crippen LogP contribution is -2.31. The second-order valence-electron chi connectivity index (χ2n) is 5.63. The predicted molar refractivity (Wildman–Crippen MR) is 95.5 cm³/mol. The van der Waals surface area contributed by atoms with Crippen molar-refractivity contribution in [2.24, 2.45) is 0 Å². The van der Waals surface area contributed by atoms with Crippen LogP contribution in [0.4, 0.5) is 11.5 Å². The minimum absolute atomic E-state index is 0.0148. The van der Waals surface area contributed by atoms with Crippen molar-refractivity contribution in [3.05, 3.63) is 71.6 Å². The standard InChI is InChI=1S/C19H14ClN3O2/c20-19-21-12-13-6-11-17(24)23(18(13)22-19)14-7-9-16(10-8-14)25-15-4-2-1-3-5-15/h1-5,7-10,12H,6,11H2. The van der Waals surface area contributed by atoms with Gasteiger partial charge in [0.15, 0.2) is 0 Å². The summed E-state index contributed by atoms with van der Waals surface area (Å²) in [6.07, 6.45) is 2.72. The van der Waals surface area contributed by atoms with Crippen LogP contribution in [0.1, 0.15) is 12.0 Å². The van der Waals surface area contributed by atoms with Crippen LogP contribution in [-0.2, 0) is 11.2 Å². The summed E-state index contributed by atoms with van der Waals surface area (Å²) in [6.45, 7) is 0. The summed E-state index contributed by atoms with van der Waals surface area (Å²) < 4.78 is 5.79. The molecule has 1 amide bonds. The summed E-state index contributed by atoms with van der Waals surface area (Å²) in [6, 6.07) is 16.9. The second-order valence-corrected chi connectivity index (χ2v) is 5.96. The third-order valence-electron chi connectivity index (χ3n) is 3.96. The molecule has 25 heavy (non-hydrogen) atoms. The number of benzene rings is 2. The first-order valence-corrected chi connectivity index (χ1v) is 8.26. The first kappa shape index (κ1) is 15.6. The van der Waals surface area contributed by atoms with Gasteiger partial charge in [0.25, 0.3) is 0 Å². The summed E-state index contributed by atoms with van der Waals surface area (Å²) in [5.74, 6) is 1.99. The quantitative estimate of drug-likeness (QED) is 0.650. The van der Waals surface area contributed by atoms with Crippen LogP contribution >= 0.6 is 11.6 Å². The molecule has 0 fully saturated rings. The second kappa shape index (κ2) is 6.53. The van der Waals surface area contributed by atoms with Crippen molar-refractivity contribution in [3.63, 3.8) is 0 Å². The molecule has 0 bridgehead atoms. The van der Waals surface area contributed by atoms with E-state index in [9.17, 15) is 4.79 Å². The van der Waals surface area contributed by atoms with Gasteiger partial charge in [0, 0.05) is 18.2 Å². The van der Waals surface area contributed by atoms with Crippen molar-refractivity contribution >= 4 is 29.0 Å². The van der Waals surface area contributed by atoms with E-state index in [-0.39, 0.29) is 11.2 Å². The number of ether oxygens (including phenoxy) is 1. The molecule has 2 aromatic carbocycles. The largest absolute Gasteiger partial charge is 0.457 e. The van der Waals surface area contributed by atoms with E-state index in [1.54, 1.807) is 11.1 Å². The molecule has 0 atom stereocenters. The Bertz CT molecular complexity index is 914. The van der Waals surface area contributed by atoms with Gasteiger partial charge in [-0.05, 0) is 54.4 Å². The highest BCUT2D eigenvalue weighted by molar-refractivity contribution is 6.28. The fourth-order valence-electron chi connectivity index (χ4n) is 2.77. The third-order valence-corrected chi connectivity index (χ3v) is 4.14. The highest BCUT2D eigenvalue weighted by Gasteiger charge is 2.27. The summed E-state index contributed by atoms with van der Waals surface area (Å²) in [4.78, 5) is 22.3. The number of anilines is 2. The molecule has 3 aromatic rings. The number of halogens is 1. The van der Waals surface area contributed by atoms with E-state index in [0.29, 0.717) is 24.4 Å². The fraction of sp³-hybridized carbons (Fsp3) is 0.105. The zero-order chi connectivity index (χ0) is 17.2. The van der Waals surface area contributed by atoms with Crippen molar-refractivity contribution in [2.45, 2.75) is 12.8 Å². The maximum Gasteiger partial charge on any atom is 0.233 e. The topological polar surface area (TPSA) is 55.3 Å². The minimum Gasteiger partial charge on any atom is -0.457 e. The number of para-hydroxylation sites is 1. The highest BCUT2D eigenvalue weighted by atomic mass is 35.5. The molecule has 1 aliphatic heterocycles.